The van der Waals surface area contributed by atoms with E-state index in [-0.39, 0.29) is 12.1 Å². The molecule has 0 fully saturated rings. The lowest BCUT2D eigenvalue weighted by Gasteiger charge is -2.22. The first-order valence-corrected chi connectivity index (χ1v) is 4.01. The Labute approximate surface area is 72.2 Å². The first kappa shape index (κ1) is 9.28. The van der Waals surface area contributed by atoms with Crippen LogP contribution in [0.1, 0.15) is 13.8 Å². The second kappa shape index (κ2) is 3.28. The number of aliphatic hydroxyl groups excluding tert-OH is 1. The molecule has 0 spiro atoms. The molecular weight excluding hydrogens is 156 g/mol. The van der Waals surface area contributed by atoms with Crippen LogP contribution in [0.3, 0.4) is 0 Å². The average Bonchev–Trinajstić information content (AvgIpc) is 2.31. The smallest absolute Gasteiger partial charge is 0.209 e. The van der Waals surface area contributed by atoms with Crippen LogP contribution in [0, 0.1) is 0 Å². The maximum Gasteiger partial charge on any atom is 0.209 e. The summed E-state index contributed by atoms with van der Waals surface area (Å²) in [5.74, 6) is 6.25. The minimum absolute atomic E-state index is 0.0115. The molecule has 1 heterocycles. The highest BCUT2D eigenvalue weighted by Crippen LogP contribution is 2.09. The number of hydrogen-bond acceptors (Lipinski definition) is 5. The Morgan fingerprint density at radius 3 is 2.83 bits per heavy atom. The van der Waals surface area contributed by atoms with Crippen LogP contribution in [0.5, 0.6) is 0 Å². The molecular formula is C7H16N4O. The molecule has 0 aromatic rings. The molecule has 0 unspecified atom stereocenters. The van der Waals surface area contributed by atoms with Gasteiger partial charge in [-0.2, -0.15) is 0 Å². The van der Waals surface area contributed by atoms with Crippen molar-refractivity contribution in [1.82, 2.24) is 10.3 Å². The molecule has 0 radical (unpaired) electrons. The summed E-state index contributed by atoms with van der Waals surface area (Å²) in [6.45, 7) is 5.27. The molecule has 0 atom stereocenters. The predicted octanol–water partition coefficient (Wildman–Crippen LogP) is -1.11. The molecule has 12 heavy (non-hydrogen) atoms. The lowest BCUT2D eigenvalue weighted by molar-refractivity contribution is 0.248. The number of nitrogens with one attached hydrogen (secondary N) is 1. The summed E-state index contributed by atoms with van der Waals surface area (Å²) in [5, 5.41) is 13.2. The third-order valence-corrected chi connectivity index (χ3v) is 1.69. The topological polar surface area (TPSA) is 73.9 Å². The number of hydrogen-bond donors (Lipinski definition) is 3. The number of guanidine groups is 1. The van der Waals surface area contributed by atoms with Crippen molar-refractivity contribution in [3.8, 4) is 0 Å². The Morgan fingerprint density at radius 2 is 2.42 bits per heavy atom. The fraction of sp³-hybridized carbons (Fsp3) is 0.857. The quantitative estimate of drug-likeness (QED) is 0.365. The highest BCUT2D eigenvalue weighted by atomic mass is 16.3. The van der Waals surface area contributed by atoms with Gasteiger partial charge in [-0.25, -0.2) is 10.8 Å². The molecule has 4 N–H and O–H groups in total. The lowest BCUT2D eigenvalue weighted by atomic mass is 10.1. The maximum atomic E-state index is 8.62. The van der Waals surface area contributed by atoms with Crippen molar-refractivity contribution in [3.05, 3.63) is 0 Å². The van der Waals surface area contributed by atoms with E-state index in [0.717, 1.165) is 6.54 Å². The molecule has 0 aliphatic carbocycles. The zero-order chi connectivity index (χ0) is 9.19. The van der Waals surface area contributed by atoms with E-state index in [1.165, 1.54) is 5.01 Å². The van der Waals surface area contributed by atoms with Gasteiger partial charge in [0, 0.05) is 0 Å². The monoisotopic (exact) mass is 172 g/mol. The highest BCUT2D eigenvalue weighted by Gasteiger charge is 2.26. The van der Waals surface area contributed by atoms with Crippen molar-refractivity contribution >= 4 is 5.96 Å². The van der Waals surface area contributed by atoms with E-state index in [1.54, 1.807) is 0 Å². The molecule has 1 aliphatic rings. The fourth-order valence-corrected chi connectivity index (χ4v) is 1.03. The number of aliphatic imine (C=N–C) groups is 1. The van der Waals surface area contributed by atoms with Crippen LogP contribution in [0.4, 0.5) is 0 Å². The van der Waals surface area contributed by atoms with Gasteiger partial charge in [-0.1, -0.05) is 0 Å². The van der Waals surface area contributed by atoms with Crippen LogP contribution in [0.2, 0.25) is 0 Å². The molecule has 0 saturated carbocycles. The summed E-state index contributed by atoms with van der Waals surface area (Å²) in [5.41, 5.74) is -0.0115. The van der Waals surface area contributed by atoms with E-state index in [2.05, 4.69) is 24.2 Å². The van der Waals surface area contributed by atoms with Crippen LogP contribution in [0.25, 0.3) is 0 Å². The standard InChI is InChI=1S/C7H16N4O/c1-7(2)5-9-6(10-7)11(8)3-4-12/h12H,3-5,8H2,1-2H3,(H,9,10). The van der Waals surface area contributed by atoms with Crippen molar-refractivity contribution in [1.29, 1.82) is 0 Å². The van der Waals surface area contributed by atoms with Gasteiger partial charge in [0.25, 0.3) is 0 Å². The molecule has 5 nitrogen and oxygen atoms in total. The van der Waals surface area contributed by atoms with Crippen molar-refractivity contribution < 1.29 is 5.11 Å². The Kier molecular flexibility index (Phi) is 2.54. The zero-order valence-electron chi connectivity index (χ0n) is 7.54. The second-order valence-electron chi connectivity index (χ2n) is 3.57. The minimum Gasteiger partial charge on any atom is -0.394 e. The maximum absolute atomic E-state index is 8.62. The molecule has 0 amide bonds. The Bertz CT molecular complexity index is 190. The van der Waals surface area contributed by atoms with Gasteiger partial charge >= 0.3 is 0 Å². The number of nitrogens with two attached hydrogens (primary N) is 1. The molecule has 0 aromatic heterocycles. The van der Waals surface area contributed by atoms with Gasteiger partial charge in [-0.05, 0) is 13.8 Å². The number of nitrogens with zero attached hydrogens (tertiary/aromatic N) is 2. The first-order valence-electron chi connectivity index (χ1n) is 4.01. The van der Waals surface area contributed by atoms with Crippen molar-refractivity contribution in [2.45, 2.75) is 19.4 Å². The van der Waals surface area contributed by atoms with Gasteiger partial charge in [0.05, 0.1) is 25.2 Å². The Balaban J connectivity index is 2.45. The molecule has 0 aromatic carbocycles. The van der Waals surface area contributed by atoms with Crippen LogP contribution in [-0.4, -0.2) is 41.3 Å². The average molecular weight is 172 g/mol. The molecule has 1 aliphatic heterocycles. The number of rotatable bonds is 2. The largest absolute Gasteiger partial charge is 0.394 e. The summed E-state index contributed by atoms with van der Waals surface area (Å²) >= 11 is 0. The van der Waals surface area contributed by atoms with E-state index in [0.29, 0.717) is 12.5 Å². The van der Waals surface area contributed by atoms with Gasteiger partial charge in [0.2, 0.25) is 5.96 Å². The molecule has 70 valence electrons. The van der Waals surface area contributed by atoms with Gasteiger partial charge in [0.15, 0.2) is 0 Å². The fourth-order valence-electron chi connectivity index (χ4n) is 1.03. The van der Waals surface area contributed by atoms with E-state index in [1.807, 2.05) is 0 Å². The van der Waals surface area contributed by atoms with Crippen LogP contribution >= 0.6 is 0 Å². The first-order chi connectivity index (χ1) is 5.55. The second-order valence-corrected chi connectivity index (χ2v) is 3.57. The Morgan fingerprint density at radius 1 is 1.75 bits per heavy atom. The highest BCUT2D eigenvalue weighted by molar-refractivity contribution is 5.82. The van der Waals surface area contributed by atoms with E-state index >= 15 is 0 Å². The van der Waals surface area contributed by atoms with Crippen LogP contribution in [0.15, 0.2) is 4.99 Å². The Hall–Kier alpha value is -0.810. The third-order valence-electron chi connectivity index (χ3n) is 1.69. The van der Waals surface area contributed by atoms with E-state index in [4.69, 9.17) is 10.9 Å². The summed E-state index contributed by atoms with van der Waals surface area (Å²) in [7, 11) is 0. The van der Waals surface area contributed by atoms with E-state index < -0.39 is 0 Å². The summed E-state index contributed by atoms with van der Waals surface area (Å²) in [6.07, 6.45) is 0. The minimum atomic E-state index is -0.0115. The zero-order valence-corrected chi connectivity index (χ0v) is 7.54. The number of aliphatic hydroxyl groups is 1. The van der Waals surface area contributed by atoms with Gasteiger partial charge in [0.1, 0.15) is 0 Å². The summed E-state index contributed by atoms with van der Waals surface area (Å²) in [4.78, 5) is 4.20. The summed E-state index contributed by atoms with van der Waals surface area (Å²) < 4.78 is 0. The molecule has 0 bridgehead atoms. The molecule has 1 rings (SSSR count). The summed E-state index contributed by atoms with van der Waals surface area (Å²) in [6, 6.07) is 0. The SMILES string of the molecule is CC1(C)CN=C(N(N)CCO)N1. The normalized spacial score (nSPS) is 20.2. The van der Waals surface area contributed by atoms with Gasteiger partial charge in [-0.15, -0.1) is 0 Å². The van der Waals surface area contributed by atoms with Crippen LogP contribution in [-0.2, 0) is 0 Å². The van der Waals surface area contributed by atoms with Crippen molar-refractivity contribution in [2.24, 2.45) is 10.8 Å². The van der Waals surface area contributed by atoms with Crippen LogP contribution < -0.4 is 11.2 Å². The van der Waals surface area contributed by atoms with Crippen molar-refractivity contribution in [2.75, 3.05) is 19.7 Å². The predicted molar refractivity (Wildman–Crippen MR) is 47.5 cm³/mol. The van der Waals surface area contributed by atoms with Crippen molar-refractivity contribution in [3.63, 3.8) is 0 Å². The molecule has 0 saturated heterocycles. The lowest BCUT2D eigenvalue weighted by Crippen LogP contribution is -2.50. The van der Waals surface area contributed by atoms with Gasteiger partial charge in [-0.3, -0.25) is 5.01 Å². The number of hydrazine groups is 1. The van der Waals surface area contributed by atoms with E-state index in [9.17, 15) is 0 Å². The third kappa shape index (κ3) is 2.09. The van der Waals surface area contributed by atoms with Gasteiger partial charge < -0.3 is 10.4 Å². The molecule has 5 heteroatoms.